The highest BCUT2D eigenvalue weighted by molar-refractivity contribution is 5.85. The lowest BCUT2D eigenvalue weighted by Gasteiger charge is -2.15. The van der Waals surface area contributed by atoms with Crippen LogP contribution >= 0.6 is 12.4 Å². The third kappa shape index (κ3) is 8.55. The fraction of sp³-hybridized carbons (Fsp3) is 0.533. The highest BCUT2D eigenvalue weighted by Crippen LogP contribution is 2.18. The molecule has 0 aliphatic rings. The van der Waals surface area contributed by atoms with Gasteiger partial charge in [0.05, 0.1) is 0 Å². The van der Waals surface area contributed by atoms with Gasteiger partial charge in [0.1, 0.15) is 24.2 Å². The van der Waals surface area contributed by atoms with Gasteiger partial charge in [-0.3, -0.25) is 4.79 Å². The summed E-state index contributed by atoms with van der Waals surface area (Å²) in [5.74, 6) is 0.852. The van der Waals surface area contributed by atoms with Gasteiger partial charge in [0.2, 0.25) is 0 Å². The molecule has 1 unspecified atom stereocenters. The lowest BCUT2D eigenvalue weighted by Crippen LogP contribution is -2.35. The Morgan fingerprint density at radius 2 is 1.81 bits per heavy atom. The van der Waals surface area contributed by atoms with Gasteiger partial charge in [-0.05, 0) is 24.3 Å². The molecule has 1 rings (SSSR count). The van der Waals surface area contributed by atoms with Crippen molar-refractivity contribution in [3.63, 3.8) is 0 Å². The quantitative estimate of drug-likeness (QED) is 0.568. The van der Waals surface area contributed by atoms with Crippen LogP contribution in [0.3, 0.4) is 0 Å². The molecule has 0 saturated heterocycles. The summed E-state index contributed by atoms with van der Waals surface area (Å²) in [5.41, 5.74) is 0. The van der Waals surface area contributed by atoms with Crippen LogP contribution in [0.25, 0.3) is 0 Å². The molecule has 0 aliphatic carbocycles. The molecule has 1 aromatic rings. The Balaban J connectivity index is 0.00000400. The van der Waals surface area contributed by atoms with E-state index >= 15 is 0 Å². The molecule has 5 nitrogen and oxygen atoms in total. The predicted molar refractivity (Wildman–Crippen MR) is 84.3 cm³/mol. The largest absolute Gasteiger partial charge is 0.491 e. The van der Waals surface area contributed by atoms with Gasteiger partial charge < -0.3 is 19.9 Å². The average Bonchev–Trinajstić information content (AvgIpc) is 2.44. The third-order valence-electron chi connectivity index (χ3n) is 2.55. The molecular weight excluding hydrogens is 294 g/mol. The SMILES string of the molecule is CCC(=O)Oc1ccc(OCC(O)CNC(C)C)cc1.Cl. The molecule has 0 amide bonds. The first-order valence-electron chi connectivity index (χ1n) is 6.86. The van der Waals surface area contributed by atoms with Crippen LogP contribution in [-0.4, -0.2) is 36.4 Å². The maximum atomic E-state index is 11.1. The molecule has 1 aromatic carbocycles. The summed E-state index contributed by atoms with van der Waals surface area (Å²) in [6.07, 6.45) is -0.220. The monoisotopic (exact) mass is 317 g/mol. The fourth-order valence-corrected chi connectivity index (χ4v) is 1.43. The van der Waals surface area contributed by atoms with Crippen molar-refractivity contribution < 1.29 is 19.4 Å². The summed E-state index contributed by atoms with van der Waals surface area (Å²) in [6, 6.07) is 7.09. The molecule has 0 aromatic heterocycles. The number of halogens is 1. The molecule has 0 spiro atoms. The van der Waals surface area contributed by atoms with Crippen molar-refractivity contribution in [3.05, 3.63) is 24.3 Å². The van der Waals surface area contributed by atoms with Crippen LogP contribution in [0.5, 0.6) is 11.5 Å². The normalized spacial score (nSPS) is 11.7. The van der Waals surface area contributed by atoms with Gasteiger partial charge in [0, 0.05) is 19.0 Å². The standard InChI is InChI=1S/C15H23NO4.ClH/c1-4-15(18)20-14-7-5-13(6-8-14)19-10-12(17)9-16-11(2)3;/h5-8,11-12,16-17H,4,9-10H2,1-3H3;1H. The van der Waals surface area contributed by atoms with Crippen molar-refractivity contribution in [1.82, 2.24) is 5.32 Å². The van der Waals surface area contributed by atoms with E-state index < -0.39 is 6.10 Å². The average molecular weight is 318 g/mol. The van der Waals surface area contributed by atoms with Crippen LogP contribution in [0.15, 0.2) is 24.3 Å². The second kappa shape index (κ2) is 10.4. The van der Waals surface area contributed by atoms with E-state index in [-0.39, 0.29) is 25.0 Å². The van der Waals surface area contributed by atoms with Gasteiger partial charge in [-0.2, -0.15) is 0 Å². The van der Waals surface area contributed by atoms with Gasteiger partial charge in [-0.15, -0.1) is 12.4 Å². The first-order chi connectivity index (χ1) is 9.51. The number of carbonyl (C=O) groups is 1. The Bertz CT molecular complexity index is 409. The minimum atomic E-state index is -0.560. The number of esters is 1. The van der Waals surface area contributed by atoms with Crippen molar-refractivity contribution in [3.8, 4) is 11.5 Å². The van der Waals surface area contributed by atoms with Crippen molar-refractivity contribution in [1.29, 1.82) is 0 Å². The number of ether oxygens (including phenoxy) is 2. The molecule has 21 heavy (non-hydrogen) atoms. The van der Waals surface area contributed by atoms with Crippen LogP contribution in [-0.2, 0) is 4.79 Å². The number of aliphatic hydroxyl groups excluding tert-OH is 1. The Kier molecular flexibility index (Phi) is 9.78. The highest BCUT2D eigenvalue weighted by atomic mass is 35.5. The summed E-state index contributed by atoms with van der Waals surface area (Å²) in [6.45, 7) is 6.48. The lowest BCUT2D eigenvalue weighted by atomic mass is 10.3. The van der Waals surface area contributed by atoms with Crippen molar-refractivity contribution in [2.45, 2.75) is 39.3 Å². The number of carbonyl (C=O) groups excluding carboxylic acids is 1. The van der Waals surface area contributed by atoms with E-state index in [1.165, 1.54) is 0 Å². The summed E-state index contributed by atoms with van der Waals surface area (Å²) >= 11 is 0. The number of benzene rings is 1. The van der Waals surface area contributed by atoms with E-state index in [0.717, 1.165) is 0 Å². The van der Waals surface area contributed by atoms with Crippen molar-refractivity contribution in [2.24, 2.45) is 0 Å². The first kappa shape index (κ1) is 19.7. The molecule has 0 saturated carbocycles. The van der Waals surface area contributed by atoms with Gasteiger partial charge in [0.25, 0.3) is 0 Å². The Labute approximate surface area is 132 Å². The number of nitrogens with one attached hydrogen (secondary N) is 1. The van der Waals surface area contributed by atoms with E-state index in [1.807, 2.05) is 13.8 Å². The number of hydrogen-bond acceptors (Lipinski definition) is 5. The highest BCUT2D eigenvalue weighted by Gasteiger charge is 2.06. The zero-order valence-corrected chi connectivity index (χ0v) is 13.5. The minimum absolute atomic E-state index is 0. The van der Waals surface area contributed by atoms with Crippen molar-refractivity contribution >= 4 is 18.4 Å². The minimum Gasteiger partial charge on any atom is -0.491 e. The second-order valence-electron chi connectivity index (χ2n) is 4.83. The molecule has 2 N–H and O–H groups in total. The summed E-state index contributed by atoms with van der Waals surface area (Å²) in [5, 5.41) is 12.8. The van der Waals surface area contributed by atoms with Gasteiger partial charge in [-0.25, -0.2) is 0 Å². The molecule has 0 aliphatic heterocycles. The second-order valence-corrected chi connectivity index (χ2v) is 4.83. The number of hydrogen-bond donors (Lipinski definition) is 2. The first-order valence-corrected chi connectivity index (χ1v) is 6.86. The van der Waals surface area contributed by atoms with Crippen LogP contribution in [0.1, 0.15) is 27.2 Å². The van der Waals surface area contributed by atoms with E-state index in [4.69, 9.17) is 9.47 Å². The zero-order valence-electron chi connectivity index (χ0n) is 12.7. The Morgan fingerprint density at radius 1 is 1.24 bits per heavy atom. The molecule has 0 fully saturated rings. The molecule has 0 heterocycles. The molecule has 120 valence electrons. The van der Waals surface area contributed by atoms with Crippen molar-refractivity contribution in [2.75, 3.05) is 13.2 Å². The van der Waals surface area contributed by atoms with Gasteiger partial charge >= 0.3 is 5.97 Å². The number of rotatable bonds is 8. The molecule has 0 radical (unpaired) electrons. The fourth-order valence-electron chi connectivity index (χ4n) is 1.43. The number of aliphatic hydroxyl groups is 1. The van der Waals surface area contributed by atoms with Crippen LogP contribution in [0.4, 0.5) is 0 Å². The van der Waals surface area contributed by atoms with Gasteiger partial charge in [0.15, 0.2) is 0 Å². The maximum absolute atomic E-state index is 11.1. The van der Waals surface area contributed by atoms with E-state index in [2.05, 4.69) is 5.32 Å². The molecule has 1 atom stereocenters. The van der Waals surface area contributed by atoms with E-state index in [0.29, 0.717) is 30.5 Å². The maximum Gasteiger partial charge on any atom is 0.310 e. The van der Waals surface area contributed by atoms with E-state index in [1.54, 1.807) is 31.2 Å². The van der Waals surface area contributed by atoms with E-state index in [9.17, 15) is 9.90 Å². The smallest absolute Gasteiger partial charge is 0.310 e. The third-order valence-corrected chi connectivity index (χ3v) is 2.55. The molecule has 6 heteroatoms. The predicted octanol–water partition coefficient (Wildman–Crippen LogP) is 2.16. The summed E-state index contributed by atoms with van der Waals surface area (Å²) in [4.78, 5) is 11.1. The van der Waals surface area contributed by atoms with Crippen LogP contribution < -0.4 is 14.8 Å². The molecule has 0 bridgehead atoms. The Hall–Kier alpha value is -1.30. The van der Waals surface area contributed by atoms with Crippen LogP contribution in [0, 0.1) is 0 Å². The topological polar surface area (TPSA) is 67.8 Å². The summed E-state index contributed by atoms with van der Waals surface area (Å²) < 4.78 is 10.5. The summed E-state index contributed by atoms with van der Waals surface area (Å²) in [7, 11) is 0. The van der Waals surface area contributed by atoms with Gasteiger partial charge in [-0.1, -0.05) is 20.8 Å². The van der Waals surface area contributed by atoms with Crippen LogP contribution in [0.2, 0.25) is 0 Å². The Morgan fingerprint density at radius 3 is 2.33 bits per heavy atom. The molecular formula is C15H24ClNO4. The zero-order chi connectivity index (χ0) is 15.0. The lowest BCUT2D eigenvalue weighted by molar-refractivity contribution is -0.134.